The molecule has 0 radical (unpaired) electrons. The first-order chi connectivity index (χ1) is 7.40. The summed E-state index contributed by atoms with van der Waals surface area (Å²) in [5, 5.41) is 7.39. The molecule has 4 nitrogen and oxygen atoms in total. The van der Waals surface area contributed by atoms with Gasteiger partial charge in [-0.2, -0.15) is 10.0 Å². The SMILES string of the molecule is O=NC(Cn1cccn1)C1CCCCC1. The van der Waals surface area contributed by atoms with Crippen molar-refractivity contribution in [3.8, 4) is 0 Å². The molecule has 0 saturated heterocycles. The smallest absolute Gasteiger partial charge is 0.114 e. The lowest BCUT2D eigenvalue weighted by Gasteiger charge is -2.25. The summed E-state index contributed by atoms with van der Waals surface area (Å²) in [6, 6.07) is 1.79. The summed E-state index contributed by atoms with van der Waals surface area (Å²) in [7, 11) is 0. The first-order valence-electron chi connectivity index (χ1n) is 5.70. The number of hydrogen-bond acceptors (Lipinski definition) is 3. The summed E-state index contributed by atoms with van der Waals surface area (Å²) in [6.07, 6.45) is 9.73. The number of aromatic nitrogens is 2. The Morgan fingerprint density at radius 1 is 1.40 bits per heavy atom. The number of hydrogen-bond donors (Lipinski definition) is 0. The fourth-order valence-electron chi connectivity index (χ4n) is 2.39. The predicted molar refractivity (Wildman–Crippen MR) is 58.4 cm³/mol. The van der Waals surface area contributed by atoms with Crippen LogP contribution in [0.4, 0.5) is 0 Å². The van der Waals surface area contributed by atoms with E-state index in [-0.39, 0.29) is 6.04 Å². The Hall–Kier alpha value is -1.19. The van der Waals surface area contributed by atoms with Crippen molar-refractivity contribution < 1.29 is 0 Å². The molecule has 1 fully saturated rings. The van der Waals surface area contributed by atoms with Gasteiger partial charge in [-0.05, 0) is 24.8 Å². The first-order valence-corrected chi connectivity index (χ1v) is 5.70. The van der Waals surface area contributed by atoms with Crippen molar-refractivity contribution in [3.05, 3.63) is 23.4 Å². The van der Waals surface area contributed by atoms with Crippen molar-refractivity contribution in [2.45, 2.75) is 44.7 Å². The van der Waals surface area contributed by atoms with Gasteiger partial charge in [0.05, 0.1) is 6.54 Å². The zero-order valence-corrected chi connectivity index (χ0v) is 8.88. The van der Waals surface area contributed by atoms with Crippen molar-refractivity contribution in [3.63, 3.8) is 0 Å². The van der Waals surface area contributed by atoms with Gasteiger partial charge in [-0.15, -0.1) is 0 Å². The first kappa shape index (κ1) is 10.3. The maximum Gasteiger partial charge on any atom is 0.114 e. The van der Waals surface area contributed by atoms with E-state index in [2.05, 4.69) is 10.3 Å². The van der Waals surface area contributed by atoms with Gasteiger partial charge >= 0.3 is 0 Å². The zero-order valence-electron chi connectivity index (χ0n) is 8.88. The Labute approximate surface area is 89.6 Å². The van der Waals surface area contributed by atoms with Crippen molar-refractivity contribution in [1.29, 1.82) is 0 Å². The van der Waals surface area contributed by atoms with E-state index in [1.165, 1.54) is 19.3 Å². The fraction of sp³-hybridized carbons (Fsp3) is 0.727. The number of nitroso groups, excluding NO2 is 1. The molecule has 0 N–H and O–H groups in total. The van der Waals surface area contributed by atoms with Crippen LogP contribution in [0.25, 0.3) is 0 Å². The lowest BCUT2D eigenvalue weighted by atomic mass is 9.84. The maximum atomic E-state index is 10.8. The molecule has 1 aliphatic carbocycles. The van der Waals surface area contributed by atoms with E-state index in [1.807, 2.05) is 12.3 Å². The highest BCUT2D eigenvalue weighted by molar-refractivity contribution is 4.83. The average molecular weight is 207 g/mol. The van der Waals surface area contributed by atoms with Crippen LogP contribution in [-0.4, -0.2) is 15.8 Å². The van der Waals surface area contributed by atoms with Gasteiger partial charge in [0.2, 0.25) is 0 Å². The fourth-order valence-corrected chi connectivity index (χ4v) is 2.39. The van der Waals surface area contributed by atoms with E-state index in [4.69, 9.17) is 0 Å². The summed E-state index contributed by atoms with van der Waals surface area (Å²) in [5.74, 6) is 0.473. The molecule has 1 aromatic rings. The van der Waals surface area contributed by atoms with Crippen LogP contribution < -0.4 is 0 Å². The summed E-state index contributed by atoms with van der Waals surface area (Å²) in [4.78, 5) is 10.8. The van der Waals surface area contributed by atoms with Crippen LogP contribution in [0.2, 0.25) is 0 Å². The van der Waals surface area contributed by atoms with Crippen molar-refractivity contribution >= 4 is 0 Å². The van der Waals surface area contributed by atoms with Gasteiger partial charge in [-0.1, -0.05) is 24.4 Å². The largest absolute Gasteiger partial charge is 0.270 e. The molecule has 1 unspecified atom stereocenters. The van der Waals surface area contributed by atoms with Crippen molar-refractivity contribution in [1.82, 2.24) is 9.78 Å². The quantitative estimate of drug-likeness (QED) is 0.712. The number of nitrogens with zero attached hydrogens (tertiary/aromatic N) is 3. The minimum Gasteiger partial charge on any atom is -0.270 e. The lowest BCUT2D eigenvalue weighted by Crippen LogP contribution is -2.26. The molecule has 0 bridgehead atoms. The van der Waals surface area contributed by atoms with E-state index in [0.29, 0.717) is 12.5 Å². The normalized spacial score (nSPS) is 20.0. The van der Waals surface area contributed by atoms with Crippen LogP contribution >= 0.6 is 0 Å². The molecule has 0 aliphatic heterocycles. The van der Waals surface area contributed by atoms with E-state index in [0.717, 1.165) is 12.8 Å². The molecule has 2 rings (SSSR count). The summed E-state index contributed by atoms with van der Waals surface area (Å²) in [5.41, 5.74) is 0. The lowest BCUT2D eigenvalue weighted by molar-refractivity contribution is 0.280. The molecule has 1 heterocycles. The van der Waals surface area contributed by atoms with Gasteiger partial charge in [0.1, 0.15) is 6.04 Å². The molecule has 1 saturated carbocycles. The topological polar surface area (TPSA) is 47.2 Å². The highest BCUT2D eigenvalue weighted by atomic mass is 16.3. The van der Waals surface area contributed by atoms with E-state index in [9.17, 15) is 4.91 Å². The Morgan fingerprint density at radius 2 is 2.20 bits per heavy atom. The summed E-state index contributed by atoms with van der Waals surface area (Å²) >= 11 is 0. The Kier molecular flexibility index (Phi) is 3.48. The van der Waals surface area contributed by atoms with Crippen LogP contribution in [0.5, 0.6) is 0 Å². The second-order valence-corrected chi connectivity index (χ2v) is 4.30. The van der Waals surface area contributed by atoms with Gasteiger partial charge in [0, 0.05) is 12.4 Å². The van der Waals surface area contributed by atoms with Crippen molar-refractivity contribution in [2.75, 3.05) is 0 Å². The molecule has 15 heavy (non-hydrogen) atoms. The van der Waals surface area contributed by atoms with Gasteiger partial charge in [-0.25, -0.2) is 0 Å². The second-order valence-electron chi connectivity index (χ2n) is 4.30. The van der Waals surface area contributed by atoms with Crippen LogP contribution in [-0.2, 0) is 6.54 Å². The minimum atomic E-state index is -0.0924. The third kappa shape index (κ3) is 2.64. The van der Waals surface area contributed by atoms with Crippen LogP contribution in [0.15, 0.2) is 23.6 Å². The molecule has 1 aromatic heterocycles. The summed E-state index contributed by atoms with van der Waals surface area (Å²) in [6.45, 7) is 0.640. The molecular formula is C11H17N3O. The predicted octanol–water partition coefficient (Wildman–Crippen LogP) is 2.60. The molecular weight excluding hydrogens is 190 g/mol. The van der Waals surface area contributed by atoms with Crippen LogP contribution in [0, 0.1) is 10.8 Å². The molecule has 0 aromatic carbocycles. The van der Waals surface area contributed by atoms with E-state index >= 15 is 0 Å². The number of rotatable bonds is 4. The third-order valence-corrected chi connectivity index (χ3v) is 3.26. The molecule has 82 valence electrons. The van der Waals surface area contributed by atoms with E-state index in [1.54, 1.807) is 10.9 Å². The standard InChI is InChI=1S/C11H17N3O/c15-13-11(9-14-8-4-7-12-14)10-5-2-1-3-6-10/h4,7-8,10-11H,1-3,5-6,9H2. The Morgan fingerprint density at radius 3 is 2.80 bits per heavy atom. The highest BCUT2D eigenvalue weighted by Crippen LogP contribution is 2.28. The molecule has 0 amide bonds. The highest BCUT2D eigenvalue weighted by Gasteiger charge is 2.24. The molecule has 0 spiro atoms. The zero-order chi connectivity index (χ0) is 10.5. The van der Waals surface area contributed by atoms with Crippen molar-refractivity contribution in [2.24, 2.45) is 11.1 Å². The molecule has 4 heteroatoms. The Balaban J connectivity index is 1.94. The molecule has 1 atom stereocenters. The Bertz CT molecular complexity index is 291. The van der Waals surface area contributed by atoms with Gasteiger partial charge in [0.15, 0.2) is 0 Å². The molecule has 1 aliphatic rings. The van der Waals surface area contributed by atoms with E-state index < -0.39 is 0 Å². The summed E-state index contributed by atoms with van der Waals surface area (Å²) < 4.78 is 1.81. The van der Waals surface area contributed by atoms with Gasteiger partial charge < -0.3 is 0 Å². The van der Waals surface area contributed by atoms with Crippen LogP contribution in [0.3, 0.4) is 0 Å². The average Bonchev–Trinajstić information content (AvgIpc) is 2.80. The third-order valence-electron chi connectivity index (χ3n) is 3.26. The van der Waals surface area contributed by atoms with Gasteiger partial charge in [-0.3, -0.25) is 4.68 Å². The van der Waals surface area contributed by atoms with Crippen LogP contribution in [0.1, 0.15) is 32.1 Å². The monoisotopic (exact) mass is 207 g/mol. The van der Waals surface area contributed by atoms with Gasteiger partial charge in [0.25, 0.3) is 0 Å². The second kappa shape index (κ2) is 5.05. The minimum absolute atomic E-state index is 0.0924. The maximum absolute atomic E-state index is 10.8.